The molecule has 1 aromatic rings. The van der Waals surface area contributed by atoms with Crippen LogP contribution in [0.1, 0.15) is 25.3 Å². The maximum absolute atomic E-state index is 12.8. The van der Waals surface area contributed by atoms with Gasteiger partial charge in [0.2, 0.25) is 17.7 Å². The van der Waals surface area contributed by atoms with Gasteiger partial charge in [0.1, 0.15) is 6.54 Å². The fourth-order valence-corrected chi connectivity index (χ4v) is 4.18. The summed E-state index contributed by atoms with van der Waals surface area (Å²) in [7, 11) is 0. The number of imide groups is 1. The van der Waals surface area contributed by atoms with Crippen LogP contribution in [0.15, 0.2) is 36.4 Å². The number of rotatable bonds is 2. The summed E-state index contributed by atoms with van der Waals surface area (Å²) in [5.74, 6) is -1.12. The van der Waals surface area contributed by atoms with Crippen molar-refractivity contribution in [3.8, 4) is 0 Å². The molecule has 5 heteroatoms. The van der Waals surface area contributed by atoms with E-state index in [1.54, 1.807) is 4.90 Å². The molecule has 0 bridgehead atoms. The Bertz CT molecular complexity index is 729. The number of nitrogens with zero attached hydrogens (tertiary/aromatic N) is 2. The van der Waals surface area contributed by atoms with Crippen molar-refractivity contribution in [1.29, 1.82) is 0 Å². The topological polar surface area (TPSA) is 57.7 Å². The molecule has 1 fully saturated rings. The monoisotopic (exact) mass is 324 g/mol. The molecule has 0 spiro atoms. The third kappa shape index (κ3) is 2.19. The van der Waals surface area contributed by atoms with Crippen LogP contribution in [0.2, 0.25) is 0 Å². The number of carbonyl (C=O) groups is 3. The smallest absolute Gasteiger partial charge is 0.247 e. The Morgan fingerprint density at radius 1 is 1.08 bits per heavy atom. The molecule has 24 heavy (non-hydrogen) atoms. The lowest BCUT2D eigenvalue weighted by atomic mass is 9.85. The maximum Gasteiger partial charge on any atom is 0.247 e. The van der Waals surface area contributed by atoms with Crippen LogP contribution in [-0.2, 0) is 20.8 Å². The molecule has 0 unspecified atom stereocenters. The van der Waals surface area contributed by atoms with Crippen LogP contribution in [0.4, 0.5) is 5.69 Å². The number of para-hydroxylation sites is 1. The molecule has 1 aromatic carbocycles. The van der Waals surface area contributed by atoms with E-state index < -0.39 is 0 Å². The Morgan fingerprint density at radius 3 is 2.38 bits per heavy atom. The lowest BCUT2D eigenvalue weighted by Crippen LogP contribution is -2.45. The SMILES string of the molecule is C[C@@H]1Cc2ccccc2N1C(=O)CN1C(=O)[C@H]2CC=CC[C@@H]2C1=O. The molecule has 3 amide bonds. The summed E-state index contributed by atoms with van der Waals surface area (Å²) >= 11 is 0. The van der Waals surface area contributed by atoms with Gasteiger partial charge in [-0.05, 0) is 37.8 Å². The van der Waals surface area contributed by atoms with Gasteiger partial charge in [-0.25, -0.2) is 0 Å². The number of allylic oxidation sites excluding steroid dienone is 2. The third-order valence-corrected chi connectivity index (χ3v) is 5.37. The average molecular weight is 324 g/mol. The van der Waals surface area contributed by atoms with Crippen molar-refractivity contribution in [3.63, 3.8) is 0 Å². The highest BCUT2D eigenvalue weighted by Gasteiger charge is 2.48. The van der Waals surface area contributed by atoms with Crippen LogP contribution in [0.5, 0.6) is 0 Å². The summed E-state index contributed by atoms with van der Waals surface area (Å²) in [6.45, 7) is 1.85. The van der Waals surface area contributed by atoms with Crippen molar-refractivity contribution in [1.82, 2.24) is 4.90 Å². The predicted molar refractivity (Wildman–Crippen MR) is 89.2 cm³/mol. The van der Waals surface area contributed by atoms with Gasteiger partial charge >= 0.3 is 0 Å². The van der Waals surface area contributed by atoms with Crippen molar-refractivity contribution >= 4 is 23.4 Å². The normalized spacial score (nSPS) is 28.3. The van der Waals surface area contributed by atoms with Gasteiger partial charge in [0, 0.05) is 11.7 Å². The van der Waals surface area contributed by atoms with E-state index in [0.717, 1.165) is 17.7 Å². The molecule has 1 aliphatic carbocycles. The first kappa shape index (κ1) is 15.1. The zero-order chi connectivity index (χ0) is 16.8. The summed E-state index contributed by atoms with van der Waals surface area (Å²) in [5.41, 5.74) is 2.03. The minimum atomic E-state index is -0.279. The largest absolute Gasteiger partial charge is 0.307 e. The Balaban J connectivity index is 1.55. The quantitative estimate of drug-likeness (QED) is 0.617. The zero-order valence-electron chi connectivity index (χ0n) is 13.6. The van der Waals surface area contributed by atoms with E-state index >= 15 is 0 Å². The molecule has 5 nitrogen and oxygen atoms in total. The van der Waals surface area contributed by atoms with Gasteiger partial charge in [0.25, 0.3) is 0 Å². The summed E-state index contributed by atoms with van der Waals surface area (Å²) < 4.78 is 0. The molecule has 2 heterocycles. The van der Waals surface area contributed by atoms with E-state index in [2.05, 4.69) is 0 Å². The van der Waals surface area contributed by atoms with E-state index in [-0.39, 0.29) is 42.1 Å². The fraction of sp³-hybridized carbons (Fsp3) is 0.421. The molecule has 4 rings (SSSR count). The number of amides is 3. The Hall–Kier alpha value is -2.43. The third-order valence-electron chi connectivity index (χ3n) is 5.37. The van der Waals surface area contributed by atoms with Crippen LogP contribution in [0, 0.1) is 11.8 Å². The summed E-state index contributed by atoms with van der Waals surface area (Å²) in [5, 5.41) is 0. The Kier molecular flexibility index (Phi) is 3.52. The highest BCUT2D eigenvalue weighted by Crippen LogP contribution is 2.36. The van der Waals surface area contributed by atoms with Crippen LogP contribution in [0.25, 0.3) is 0 Å². The average Bonchev–Trinajstić information content (AvgIpc) is 3.04. The molecule has 0 N–H and O–H groups in total. The number of hydrogen-bond acceptors (Lipinski definition) is 3. The first-order valence-electron chi connectivity index (χ1n) is 8.48. The van der Waals surface area contributed by atoms with Crippen LogP contribution >= 0.6 is 0 Å². The molecule has 124 valence electrons. The Morgan fingerprint density at radius 2 is 1.71 bits per heavy atom. The number of hydrogen-bond donors (Lipinski definition) is 0. The van der Waals surface area contributed by atoms with Crippen molar-refractivity contribution < 1.29 is 14.4 Å². The summed E-state index contributed by atoms with van der Waals surface area (Å²) in [6.07, 6.45) is 5.91. The van der Waals surface area contributed by atoms with Crippen molar-refractivity contribution in [3.05, 3.63) is 42.0 Å². The molecule has 0 radical (unpaired) electrons. The van der Waals surface area contributed by atoms with Gasteiger partial charge in [0.15, 0.2) is 0 Å². The number of fused-ring (bicyclic) bond motifs is 2. The molecule has 3 aliphatic rings. The highest BCUT2D eigenvalue weighted by molar-refractivity contribution is 6.09. The van der Waals surface area contributed by atoms with E-state index in [4.69, 9.17) is 0 Å². The molecule has 2 aliphatic heterocycles. The zero-order valence-corrected chi connectivity index (χ0v) is 13.6. The van der Waals surface area contributed by atoms with Gasteiger partial charge in [-0.3, -0.25) is 19.3 Å². The van der Waals surface area contributed by atoms with E-state index in [1.807, 2.05) is 43.3 Å². The van der Waals surface area contributed by atoms with Crippen LogP contribution in [-0.4, -0.2) is 35.2 Å². The van der Waals surface area contributed by atoms with Gasteiger partial charge in [-0.15, -0.1) is 0 Å². The van der Waals surface area contributed by atoms with Crippen LogP contribution in [0.3, 0.4) is 0 Å². The highest BCUT2D eigenvalue weighted by atomic mass is 16.2. The molecular formula is C19H20N2O3. The molecule has 1 saturated heterocycles. The lowest BCUT2D eigenvalue weighted by Gasteiger charge is -2.25. The van der Waals surface area contributed by atoms with Crippen molar-refractivity contribution in [2.75, 3.05) is 11.4 Å². The second-order valence-corrected chi connectivity index (χ2v) is 6.86. The summed E-state index contributed by atoms with van der Waals surface area (Å²) in [4.78, 5) is 40.8. The van der Waals surface area contributed by atoms with E-state index in [0.29, 0.717) is 12.8 Å². The van der Waals surface area contributed by atoms with Crippen molar-refractivity contribution in [2.45, 2.75) is 32.2 Å². The van der Waals surface area contributed by atoms with Crippen LogP contribution < -0.4 is 4.90 Å². The minimum absolute atomic E-state index is 0.0478. The number of anilines is 1. The van der Waals surface area contributed by atoms with Gasteiger partial charge in [-0.1, -0.05) is 30.4 Å². The van der Waals surface area contributed by atoms with Gasteiger partial charge in [-0.2, -0.15) is 0 Å². The van der Waals surface area contributed by atoms with E-state index in [9.17, 15) is 14.4 Å². The molecule has 0 saturated carbocycles. The predicted octanol–water partition coefficient (Wildman–Crippen LogP) is 1.92. The van der Waals surface area contributed by atoms with Gasteiger partial charge < -0.3 is 4.90 Å². The van der Waals surface area contributed by atoms with E-state index in [1.165, 1.54) is 4.90 Å². The molecule has 0 aromatic heterocycles. The molecule has 3 atom stereocenters. The lowest BCUT2D eigenvalue weighted by molar-refractivity contribution is -0.143. The van der Waals surface area contributed by atoms with Crippen molar-refractivity contribution in [2.24, 2.45) is 11.8 Å². The molecular weight excluding hydrogens is 304 g/mol. The fourth-order valence-electron chi connectivity index (χ4n) is 4.18. The van der Waals surface area contributed by atoms with Gasteiger partial charge in [0.05, 0.1) is 11.8 Å². The first-order valence-corrected chi connectivity index (χ1v) is 8.48. The first-order chi connectivity index (χ1) is 11.6. The number of benzene rings is 1. The summed E-state index contributed by atoms with van der Waals surface area (Å²) in [6, 6.07) is 7.86. The number of carbonyl (C=O) groups excluding carboxylic acids is 3. The maximum atomic E-state index is 12.8. The Labute approximate surface area is 140 Å². The minimum Gasteiger partial charge on any atom is -0.307 e. The second kappa shape index (κ2) is 5.58. The standard InChI is InChI=1S/C19H20N2O3/c1-12-10-13-6-2-5-9-16(13)21(12)17(22)11-20-18(23)14-7-3-4-8-15(14)19(20)24/h2-6,9,12,14-15H,7-8,10-11H2,1H3/t12-,14+,15+/m1/s1. The number of likely N-dealkylation sites (tertiary alicyclic amines) is 1. The second-order valence-electron chi connectivity index (χ2n) is 6.86.